The van der Waals surface area contributed by atoms with Gasteiger partial charge in [0.05, 0.1) is 30.0 Å². The molecule has 0 bridgehead atoms. The highest BCUT2D eigenvalue weighted by atomic mass is 16.7. The Morgan fingerprint density at radius 2 is 2.04 bits per heavy atom. The van der Waals surface area contributed by atoms with Crippen molar-refractivity contribution in [1.82, 2.24) is 5.32 Å². The van der Waals surface area contributed by atoms with Crippen LogP contribution in [0.5, 0.6) is 5.75 Å². The number of benzene rings is 1. The molecule has 2 rings (SSSR count). The molecule has 0 spiro atoms. The maximum Gasteiger partial charge on any atom is 0.513 e. The third-order valence-corrected chi connectivity index (χ3v) is 3.72. The van der Waals surface area contributed by atoms with Gasteiger partial charge in [-0.2, -0.15) is 0 Å². The summed E-state index contributed by atoms with van der Waals surface area (Å²) in [4.78, 5) is 22.8. The van der Waals surface area contributed by atoms with Crippen LogP contribution >= 0.6 is 0 Å². The smallest absolute Gasteiger partial charge is 0.494 e. The van der Waals surface area contributed by atoms with E-state index >= 15 is 0 Å². The fourth-order valence-corrected chi connectivity index (χ4v) is 2.73. The Labute approximate surface area is 145 Å². The number of rotatable bonds is 5. The van der Waals surface area contributed by atoms with Crippen LogP contribution in [0.15, 0.2) is 47.1 Å². The number of dihydropyridines is 1. The van der Waals surface area contributed by atoms with Crippen LogP contribution in [-0.4, -0.2) is 24.8 Å². The van der Waals surface area contributed by atoms with Crippen molar-refractivity contribution in [3.05, 3.63) is 62.8 Å². The van der Waals surface area contributed by atoms with Crippen LogP contribution in [-0.2, 0) is 9.47 Å². The molecule has 25 heavy (non-hydrogen) atoms. The summed E-state index contributed by atoms with van der Waals surface area (Å²) in [7, 11) is 1.18. The normalized spacial score (nSPS) is 17.0. The van der Waals surface area contributed by atoms with E-state index in [-0.39, 0.29) is 11.5 Å². The largest absolute Gasteiger partial charge is 0.513 e. The molecule has 8 heteroatoms. The van der Waals surface area contributed by atoms with Gasteiger partial charge in [0.25, 0.3) is 5.70 Å². The van der Waals surface area contributed by atoms with Gasteiger partial charge < -0.3 is 19.5 Å². The van der Waals surface area contributed by atoms with E-state index in [9.17, 15) is 14.9 Å². The molecule has 1 aliphatic heterocycles. The molecule has 0 aromatic heterocycles. The van der Waals surface area contributed by atoms with Gasteiger partial charge in [-0.1, -0.05) is 12.1 Å². The third-order valence-electron chi connectivity index (χ3n) is 3.72. The standard InChI is InChI=1S/C17H20N2O6/c1-5-24-13-8-6-7-12(9-13)14-15(19(21)22)10(2)18-11(3)16(14)25-17(20)23-4/h6-9,14,18H,5H2,1-4H3. The van der Waals surface area contributed by atoms with Crippen LogP contribution in [0.3, 0.4) is 0 Å². The van der Waals surface area contributed by atoms with Crippen molar-refractivity contribution in [2.75, 3.05) is 13.7 Å². The van der Waals surface area contributed by atoms with Crippen molar-refractivity contribution < 1.29 is 23.9 Å². The maximum atomic E-state index is 11.6. The zero-order chi connectivity index (χ0) is 18.6. The first kappa shape index (κ1) is 18.3. The number of ether oxygens (including phenoxy) is 3. The molecule has 0 radical (unpaired) electrons. The maximum absolute atomic E-state index is 11.6. The summed E-state index contributed by atoms with van der Waals surface area (Å²) in [5.41, 5.74) is 1.36. The fourth-order valence-electron chi connectivity index (χ4n) is 2.73. The minimum absolute atomic E-state index is 0.0989. The molecule has 1 atom stereocenters. The molecule has 1 unspecified atom stereocenters. The lowest BCUT2D eigenvalue weighted by Gasteiger charge is -2.26. The second-order valence-corrected chi connectivity index (χ2v) is 5.38. The lowest BCUT2D eigenvalue weighted by Crippen LogP contribution is -2.29. The average molecular weight is 348 g/mol. The van der Waals surface area contributed by atoms with Crippen molar-refractivity contribution >= 4 is 6.16 Å². The summed E-state index contributed by atoms with van der Waals surface area (Å²) < 4.78 is 15.2. The Hall–Kier alpha value is -3.03. The third kappa shape index (κ3) is 3.90. The second kappa shape index (κ2) is 7.69. The molecule has 0 aliphatic carbocycles. The molecule has 1 heterocycles. The summed E-state index contributed by atoms with van der Waals surface area (Å²) >= 11 is 0. The van der Waals surface area contributed by atoms with E-state index in [0.717, 1.165) is 0 Å². The van der Waals surface area contributed by atoms with Gasteiger partial charge in [0.15, 0.2) is 0 Å². The number of hydrogen-bond acceptors (Lipinski definition) is 7. The second-order valence-electron chi connectivity index (χ2n) is 5.38. The van der Waals surface area contributed by atoms with E-state index < -0.39 is 17.0 Å². The van der Waals surface area contributed by atoms with E-state index in [1.807, 2.05) is 6.92 Å². The Bertz CT molecular complexity index is 753. The molecule has 1 aromatic rings. The number of nitro groups is 1. The van der Waals surface area contributed by atoms with Gasteiger partial charge in [0.2, 0.25) is 0 Å². The van der Waals surface area contributed by atoms with Crippen molar-refractivity contribution in [3.63, 3.8) is 0 Å². The van der Waals surface area contributed by atoms with Gasteiger partial charge in [0.1, 0.15) is 17.4 Å². The van der Waals surface area contributed by atoms with Gasteiger partial charge in [-0.05, 0) is 38.5 Å². The molecule has 1 aromatic carbocycles. The minimum Gasteiger partial charge on any atom is -0.494 e. The van der Waals surface area contributed by atoms with E-state index in [4.69, 9.17) is 9.47 Å². The van der Waals surface area contributed by atoms with Crippen LogP contribution in [0.4, 0.5) is 4.79 Å². The molecule has 0 saturated heterocycles. The predicted molar refractivity (Wildman–Crippen MR) is 89.4 cm³/mol. The van der Waals surface area contributed by atoms with E-state index in [2.05, 4.69) is 10.1 Å². The highest BCUT2D eigenvalue weighted by Gasteiger charge is 2.39. The van der Waals surface area contributed by atoms with Gasteiger partial charge in [-0.25, -0.2) is 4.79 Å². The van der Waals surface area contributed by atoms with E-state index in [1.54, 1.807) is 38.1 Å². The quantitative estimate of drug-likeness (QED) is 0.495. The Morgan fingerprint density at radius 3 is 2.64 bits per heavy atom. The molecule has 0 saturated carbocycles. The molecule has 8 nitrogen and oxygen atoms in total. The fraction of sp³-hybridized carbons (Fsp3) is 0.353. The van der Waals surface area contributed by atoms with Gasteiger partial charge in [-0.15, -0.1) is 0 Å². The van der Waals surface area contributed by atoms with Crippen molar-refractivity contribution in [3.8, 4) is 5.75 Å². The first-order chi connectivity index (χ1) is 11.9. The summed E-state index contributed by atoms with van der Waals surface area (Å²) in [6, 6.07) is 6.92. The lowest BCUT2D eigenvalue weighted by molar-refractivity contribution is -0.431. The number of allylic oxidation sites excluding steroid dienone is 2. The summed E-state index contributed by atoms with van der Waals surface area (Å²) in [5, 5.41) is 14.5. The van der Waals surface area contributed by atoms with Crippen LogP contribution in [0, 0.1) is 10.1 Å². The molecule has 134 valence electrons. The van der Waals surface area contributed by atoms with E-state index in [0.29, 0.717) is 29.3 Å². The monoisotopic (exact) mass is 348 g/mol. The molecule has 1 N–H and O–H groups in total. The topological polar surface area (TPSA) is 99.9 Å². The van der Waals surface area contributed by atoms with Crippen LogP contribution in [0.2, 0.25) is 0 Å². The van der Waals surface area contributed by atoms with Crippen molar-refractivity contribution in [2.45, 2.75) is 26.7 Å². The van der Waals surface area contributed by atoms with Gasteiger partial charge >= 0.3 is 6.16 Å². The molecule has 0 amide bonds. The SMILES string of the molecule is CCOc1cccc(C2C(OC(=O)OC)=C(C)NC(C)=C2[N+](=O)[O-])c1. The van der Waals surface area contributed by atoms with Crippen LogP contribution < -0.4 is 10.1 Å². The number of carbonyl (C=O) groups is 1. The zero-order valence-electron chi connectivity index (χ0n) is 14.5. The molecular formula is C17H20N2O6. The number of carbonyl (C=O) groups excluding carboxylic acids is 1. The molecule has 0 fully saturated rings. The van der Waals surface area contributed by atoms with Crippen molar-refractivity contribution in [1.29, 1.82) is 0 Å². The lowest BCUT2D eigenvalue weighted by atomic mass is 9.89. The first-order valence-electron chi connectivity index (χ1n) is 7.70. The number of nitrogens with one attached hydrogen (secondary N) is 1. The Balaban J connectivity index is 2.58. The molecular weight excluding hydrogens is 328 g/mol. The highest BCUT2D eigenvalue weighted by Crippen LogP contribution is 2.39. The predicted octanol–water partition coefficient (Wildman–Crippen LogP) is 3.29. The summed E-state index contributed by atoms with van der Waals surface area (Å²) in [5.74, 6) is -0.164. The van der Waals surface area contributed by atoms with Gasteiger partial charge in [-0.3, -0.25) is 10.1 Å². The zero-order valence-corrected chi connectivity index (χ0v) is 14.5. The van der Waals surface area contributed by atoms with Crippen molar-refractivity contribution in [2.24, 2.45) is 0 Å². The minimum atomic E-state index is -0.940. The first-order valence-corrected chi connectivity index (χ1v) is 7.70. The van der Waals surface area contributed by atoms with E-state index in [1.165, 1.54) is 7.11 Å². The Morgan fingerprint density at radius 1 is 1.32 bits per heavy atom. The van der Waals surface area contributed by atoms with Gasteiger partial charge in [0, 0.05) is 0 Å². The number of nitrogens with zero attached hydrogens (tertiary/aromatic N) is 1. The average Bonchev–Trinajstić information content (AvgIpc) is 2.56. The molecule has 1 aliphatic rings. The highest BCUT2D eigenvalue weighted by molar-refractivity contribution is 5.62. The number of hydrogen-bond donors (Lipinski definition) is 1. The summed E-state index contributed by atoms with van der Waals surface area (Å²) in [6.45, 7) is 5.60. The number of methoxy groups -OCH3 is 1. The van der Waals surface area contributed by atoms with Crippen LogP contribution in [0.1, 0.15) is 32.3 Å². The Kier molecular flexibility index (Phi) is 5.63. The van der Waals surface area contributed by atoms with Crippen LogP contribution in [0.25, 0.3) is 0 Å². The summed E-state index contributed by atoms with van der Waals surface area (Å²) in [6.07, 6.45) is -0.940.